The number of hydrogen-bond acceptors (Lipinski definition) is 3. The van der Waals surface area contributed by atoms with E-state index in [2.05, 4.69) is 34.6 Å². The van der Waals surface area contributed by atoms with Crippen LogP contribution in [-0.2, 0) is 6.42 Å². The topological polar surface area (TPSA) is 22.1 Å². The molecular formula is C17H19NOS. The van der Waals surface area contributed by atoms with Crippen molar-refractivity contribution in [3.05, 3.63) is 46.4 Å². The summed E-state index contributed by atoms with van der Waals surface area (Å²) >= 11 is 1.78. The zero-order chi connectivity index (χ0) is 13.4. The maximum Gasteiger partial charge on any atom is 0.123 e. The monoisotopic (exact) mass is 285 g/mol. The number of thiazole rings is 1. The summed E-state index contributed by atoms with van der Waals surface area (Å²) in [6, 6.07) is 8.59. The van der Waals surface area contributed by atoms with Gasteiger partial charge in [0.15, 0.2) is 0 Å². The van der Waals surface area contributed by atoms with Crippen LogP contribution in [0.25, 0.3) is 0 Å². The maximum absolute atomic E-state index is 6.17. The van der Waals surface area contributed by atoms with Crippen molar-refractivity contribution >= 4 is 11.3 Å². The van der Waals surface area contributed by atoms with Gasteiger partial charge in [-0.1, -0.05) is 18.2 Å². The maximum atomic E-state index is 6.17. The number of rotatable bonds is 3. The lowest BCUT2D eigenvalue weighted by Gasteiger charge is -2.30. The highest BCUT2D eigenvalue weighted by atomic mass is 32.1. The van der Waals surface area contributed by atoms with E-state index in [-0.39, 0.29) is 0 Å². The van der Waals surface area contributed by atoms with Gasteiger partial charge in [-0.25, -0.2) is 4.98 Å². The zero-order valence-corrected chi connectivity index (χ0v) is 12.3. The molecule has 3 unspecified atom stereocenters. The second kappa shape index (κ2) is 5.21. The van der Waals surface area contributed by atoms with E-state index in [1.165, 1.54) is 36.3 Å². The number of aromatic nitrogens is 1. The van der Waals surface area contributed by atoms with Gasteiger partial charge in [0.1, 0.15) is 11.9 Å². The van der Waals surface area contributed by atoms with Crippen molar-refractivity contribution < 1.29 is 4.74 Å². The van der Waals surface area contributed by atoms with Crippen LogP contribution >= 0.6 is 11.3 Å². The van der Waals surface area contributed by atoms with Crippen molar-refractivity contribution in [2.75, 3.05) is 0 Å². The molecule has 2 aromatic rings. The lowest BCUT2D eigenvalue weighted by atomic mass is 9.76. The summed E-state index contributed by atoms with van der Waals surface area (Å²) in [5.41, 5.74) is 1.44. The van der Waals surface area contributed by atoms with Gasteiger partial charge in [-0.3, -0.25) is 0 Å². The van der Waals surface area contributed by atoms with Crippen molar-refractivity contribution in [1.82, 2.24) is 4.98 Å². The van der Waals surface area contributed by atoms with Gasteiger partial charge in [0.2, 0.25) is 0 Å². The molecule has 2 nitrogen and oxygen atoms in total. The van der Waals surface area contributed by atoms with Crippen LogP contribution < -0.4 is 4.74 Å². The fourth-order valence-corrected chi connectivity index (χ4v) is 4.36. The van der Waals surface area contributed by atoms with E-state index in [0.717, 1.165) is 18.1 Å². The molecule has 0 spiro atoms. The minimum atomic E-state index is 0.419. The minimum absolute atomic E-state index is 0.419. The number of hydrogen-bond donors (Lipinski definition) is 0. The van der Waals surface area contributed by atoms with E-state index in [9.17, 15) is 0 Å². The van der Waals surface area contributed by atoms with Crippen LogP contribution in [-0.4, -0.2) is 11.1 Å². The molecule has 0 bridgehead atoms. The van der Waals surface area contributed by atoms with E-state index in [4.69, 9.17) is 4.74 Å². The minimum Gasteiger partial charge on any atom is -0.489 e. The molecule has 1 aliphatic carbocycles. The molecule has 0 N–H and O–H groups in total. The van der Waals surface area contributed by atoms with Crippen molar-refractivity contribution in [2.45, 2.75) is 44.1 Å². The van der Waals surface area contributed by atoms with Crippen LogP contribution in [0.3, 0.4) is 0 Å². The quantitative estimate of drug-likeness (QED) is 0.832. The summed E-state index contributed by atoms with van der Waals surface area (Å²) in [7, 11) is 0. The number of nitrogens with zero attached hydrogens (tertiary/aromatic N) is 1. The number of para-hydroxylation sites is 1. The van der Waals surface area contributed by atoms with Crippen molar-refractivity contribution in [2.24, 2.45) is 5.92 Å². The molecule has 2 aliphatic rings. The molecule has 3 atom stereocenters. The van der Waals surface area contributed by atoms with E-state index in [1.807, 2.05) is 6.20 Å². The fourth-order valence-electron chi connectivity index (χ4n) is 3.72. The molecule has 104 valence electrons. The van der Waals surface area contributed by atoms with Crippen LogP contribution in [0, 0.1) is 5.92 Å². The van der Waals surface area contributed by atoms with Crippen LogP contribution in [0.1, 0.15) is 42.2 Å². The second-order valence-electron chi connectivity index (χ2n) is 5.94. The molecular weight excluding hydrogens is 266 g/mol. The van der Waals surface area contributed by atoms with Crippen LogP contribution in [0.4, 0.5) is 0 Å². The zero-order valence-electron chi connectivity index (χ0n) is 11.5. The number of fused-ring (bicyclic) bond motifs is 3. The smallest absolute Gasteiger partial charge is 0.123 e. The Kier molecular flexibility index (Phi) is 3.23. The molecule has 4 rings (SSSR count). The lowest BCUT2D eigenvalue weighted by molar-refractivity contribution is 0.126. The Morgan fingerprint density at radius 3 is 3.10 bits per heavy atom. The highest BCUT2D eigenvalue weighted by Crippen LogP contribution is 2.47. The lowest BCUT2D eigenvalue weighted by Crippen LogP contribution is -2.28. The van der Waals surface area contributed by atoms with Gasteiger partial charge in [0.05, 0.1) is 5.01 Å². The first-order valence-corrected chi connectivity index (χ1v) is 8.42. The molecule has 1 saturated carbocycles. The standard InChI is InChI=1S/C17H19NOS/c1-2-4-15-13(3-1)14-7-5-12(11-16(14)19-15)6-8-17-18-9-10-20-17/h1-4,9-10,12,14,16H,5-8,11H2. The molecule has 20 heavy (non-hydrogen) atoms. The molecule has 1 aromatic heterocycles. The van der Waals surface area contributed by atoms with Gasteiger partial charge in [0, 0.05) is 23.1 Å². The van der Waals surface area contributed by atoms with E-state index >= 15 is 0 Å². The Labute approximate surface area is 123 Å². The SMILES string of the molecule is c1ccc2c(c1)OC1CC(CCc3nccs3)CCC21. The Bertz CT molecular complexity index is 580. The predicted molar refractivity (Wildman–Crippen MR) is 81.4 cm³/mol. The summed E-state index contributed by atoms with van der Waals surface area (Å²) in [6.07, 6.45) is 8.55. The number of aryl methyl sites for hydroxylation is 1. The average Bonchev–Trinajstić information content (AvgIpc) is 3.12. The molecule has 3 heteroatoms. The molecule has 1 fully saturated rings. The molecule has 1 aromatic carbocycles. The third kappa shape index (κ3) is 2.24. The molecule has 0 radical (unpaired) electrons. The van der Waals surface area contributed by atoms with Crippen LogP contribution in [0.15, 0.2) is 35.8 Å². The second-order valence-corrected chi connectivity index (χ2v) is 6.92. The first-order chi connectivity index (χ1) is 9.90. The van der Waals surface area contributed by atoms with Crippen molar-refractivity contribution in [3.63, 3.8) is 0 Å². The molecule has 0 saturated heterocycles. The van der Waals surface area contributed by atoms with Crippen LogP contribution in [0.5, 0.6) is 5.75 Å². The first kappa shape index (κ1) is 12.4. The summed E-state index contributed by atoms with van der Waals surface area (Å²) in [5, 5.41) is 3.35. The Morgan fingerprint density at radius 1 is 1.25 bits per heavy atom. The van der Waals surface area contributed by atoms with Gasteiger partial charge < -0.3 is 4.74 Å². The third-order valence-electron chi connectivity index (χ3n) is 4.75. The van der Waals surface area contributed by atoms with Gasteiger partial charge >= 0.3 is 0 Å². The predicted octanol–water partition coefficient (Wildman–Crippen LogP) is 4.42. The fraction of sp³-hybridized carbons (Fsp3) is 0.471. The van der Waals surface area contributed by atoms with E-state index in [0.29, 0.717) is 12.0 Å². The largest absolute Gasteiger partial charge is 0.489 e. The van der Waals surface area contributed by atoms with E-state index < -0.39 is 0 Å². The van der Waals surface area contributed by atoms with Crippen molar-refractivity contribution in [1.29, 1.82) is 0 Å². The van der Waals surface area contributed by atoms with Gasteiger partial charge in [-0.2, -0.15) is 0 Å². The summed E-state index contributed by atoms with van der Waals surface area (Å²) < 4.78 is 6.17. The third-order valence-corrected chi connectivity index (χ3v) is 5.59. The Morgan fingerprint density at radius 2 is 2.20 bits per heavy atom. The van der Waals surface area contributed by atoms with E-state index in [1.54, 1.807) is 11.3 Å². The Hall–Kier alpha value is -1.35. The molecule has 1 aliphatic heterocycles. The van der Waals surface area contributed by atoms with Gasteiger partial charge in [-0.05, 0) is 44.1 Å². The summed E-state index contributed by atoms with van der Waals surface area (Å²) in [6.45, 7) is 0. The highest BCUT2D eigenvalue weighted by Gasteiger charge is 2.38. The first-order valence-electron chi connectivity index (χ1n) is 7.54. The molecule has 0 amide bonds. The van der Waals surface area contributed by atoms with Crippen molar-refractivity contribution in [3.8, 4) is 5.75 Å². The number of benzene rings is 1. The van der Waals surface area contributed by atoms with Crippen LogP contribution in [0.2, 0.25) is 0 Å². The summed E-state index contributed by atoms with van der Waals surface area (Å²) in [4.78, 5) is 4.39. The average molecular weight is 285 g/mol. The number of ether oxygens (including phenoxy) is 1. The normalized spacial score (nSPS) is 27.7. The van der Waals surface area contributed by atoms with Gasteiger partial charge in [-0.15, -0.1) is 11.3 Å². The summed E-state index contributed by atoms with van der Waals surface area (Å²) in [5.74, 6) is 2.57. The highest BCUT2D eigenvalue weighted by molar-refractivity contribution is 7.09. The van der Waals surface area contributed by atoms with Gasteiger partial charge in [0.25, 0.3) is 0 Å². The Balaban J connectivity index is 1.40. The molecule has 2 heterocycles.